The van der Waals surface area contributed by atoms with Crippen LogP contribution in [0.4, 0.5) is 0 Å². The van der Waals surface area contributed by atoms with Gasteiger partial charge < -0.3 is 0 Å². The van der Waals surface area contributed by atoms with Gasteiger partial charge in [-0.15, -0.1) is 11.3 Å². The van der Waals surface area contributed by atoms with Crippen LogP contribution in [0.1, 0.15) is 49.2 Å². The fraction of sp³-hybridized carbons (Fsp3) is 0.714. The molecule has 0 spiro atoms. The van der Waals surface area contributed by atoms with Gasteiger partial charge in [0.2, 0.25) is 0 Å². The monoisotopic (exact) mass is 300 g/mol. The van der Waals surface area contributed by atoms with Crippen LogP contribution < -0.4 is 0 Å². The summed E-state index contributed by atoms with van der Waals surface area (Å²) in [4.78, 5) is 3.53. The van der Waals surface area contributed by atoms with Crippen LogP contribution in [0, 0.1) is 16.7 Å². The summed E-state index contributed by atoms with van der Waals surface area (Å²) < 4.78 is 0. The Labute approximate surface area is 112 Å². The number of rotatable bonds is 3. The molecule has 0 aliphatic heterocycles. The molecule has 0 nitrogen and oxygen atoms in total. The molecular formula is C14H21BrS. The molecule has 1 heterocycles. The van der Waals surface area contributed by atoms with E-state index in [0.717, 1.165) is 12.3 Å². The third kappa shape index (κ3) is 1.69. The SMILES string of the molecule is CCc1ccc(C(Br)C2C(C)(C)C2(C)C)s1. The van der Waals surface area contributed by atoms with Gasteiger partial charge in [-0.25, -0.2) is 0 Å². The Morgan fingerprint density at radius 3 is 2.19 bits per heavy atom. The highest BCUT2D eigenvalue weighted by atomic mass is 79.9. The van der Waals surface area contributed by atoms with Gasteiger partial charge in [-0.05, 0) is 35.3 Å². The maximum Gasteiger partial charge on any atom is 0.0528 e. The first-order chi connectivity index (χ1) is 7.32. The third-order valence-corrected chi connectivity index (χ3v) is 7.37. The number of thiophene rings is 1. The molecule has 0 N–H and O–H groups in total. The zero-order valence-corrected chi connectivity index (χ0v) is 13.2. The molecule has 1 aromatic heterocycles. The van der Waals surface area contributed by atoms with E-state index in [-0.39, 0.29) is 0 Å². The fourth-order valence-electron chi connectivity index (χ4n) is 2.88. The Bertz CT molecular complexity index is 375. The summed E-state index contributed by atoms with van der Waals surface area (Å²) in [6.07, 6.45) is 1.15. The third-order valence-electron chi connectivity index (χ3n) is 4.73. The second-order valence-corrected chi connectivity index (χ2v) is 8.17. The van der Waals surface area contributed by atoms with Gasteiger partial charge in [-0.1, -0.05) is 50.5 Å². The van der Waals surface area contributed by atoms with Crippen molar-refractivity contribution in [2.24, 2.45) is 16.7 Å². The Hall–Kier alpha value is 0.180. The standard InChI is InChI=1S/C14H21BrS/c1-6-9-7-8-10(16-9)11(15)12-13(2,3)14(12,4)5/h7-8,11-12H,6H2,1-5H3. The van der Waals surface area contributed by atoms with Gasteiger partial charge in [0, 0.05) is 9.75 Å². The van der Waals surface area contributed by atoms with Crippen molar-refractivity contribution in [3.05, 3.63) is 21.9 Å². The lowest BCUT2D eigenvalue weighted by Crippen LogP contribution is -1.96. The Kier molecular flexibility index (Phi) is 3.03. The summed E-state index contributed by atoms with van der Waals surface area (Å²) in [5.41, 5.74) is 0.912. The Balaban J connectivity index is 2.18. The van der Waals surface area contributed by atoms with E-state index < -0.39 is 0 Å². The van der Waals surface area contributed by atoms with E-state index in [9.17, 15) is 0 Å². The average Bonchev–Trinajstić information content (AvgIpc) is 2.59. The molecule has 90 valence electrons. The molecule has 0 saturated heterocycles. The van der Waals surface area contributed by atoms with E-state index in [4.69, 9.17) is 0 Å². The molecule has 1 atom stereocenters. The summed E-state index contributed by atoms with van der Waals surface area (Å²) in [5.74, 6) is 0.753. The lowest BCUT2D eigenvalue weighted by atomic mass is 10.0. The van der Waals surface area contributed by atoms with Crippen molar-refractivity contribution in [2.75, 3.05) is 0 Å². The number of hydrogen-bond donors (Lipinski definition) is 0. The first-order valence-corrected chi connectivity index (χ1v) is 7.78. The van der Waals surface area contributed by atoms with Gasteiger partial charge in [-0.3, -0.25) is 0 Å². The predicted octanol–water partition coefficient (Wildman–Crippen LogP) is 5.43. The topological polar surface area (TPSA) is 0 Å². The zero-order chi connectivity index (χ0) is 12.1. The highest BCUT2D eigenvalue weighted by Crippen LogP contribution is 2.74. The van der Waals surface area contributed by atoms with E-state index in [1.165, 1.54) is 9.75 Å². The minimum Gasteiger partial charge on any atom is -0.144 e. The number of aryl methyl sites for hydroxylation is 1. The minimum absolute atomic E-state index is 0.456. The molecule has 0 radical (unpaired) electrons. The minimum atomic E-state index is 0.456. The van der Waals surface area contributed by atoms with Crippen LogP contribution in [0.15, 0.2) is 12.1 Å². The van der Waals surface area contributed by atoms with E-state index in [1.807, 2.05) is 11.3 Å². The van der Waals surface area contributed by atoms with Crippen molar-refractivity contribution in [3.8, 4) is 0 Å². The zero-order valence-electron chi connectivity index (χ0n) is 10.8. The first kappa shape index (κ1) is 12.6. The van der Waals surface area contributed by atoms with Crippen LogP contribution in [0.5, 0.6) is 0 Å². The molecule has 0 amide bonds. The van der Waals surface area contributed by atoms with Crippen molar-refractivity contribution in [3.63, 3.8) is 0 Å². The molecule has 2 rings (SSSR count). The van der Waals surface area contributed by atoms with Gasteiger partial charge in [0.25, 0.3) is 0 Å². The fourth-order valence-corrected chi connectivity index (χ4v) is 5.60. The van der Waals surface area contributed by atoms with Gasteiger partial charge >= 0.3 is 0 Å². The number of hydrogen-bond acceptors (Lipinski definition) is 1. The molecule has 1 fully saturated rings. The molecule has 0 aromatic carbocycles. The van der Waals surface area contributed by atoms with Gasteiger partial charge in [0.05, 0.1) is 4.83 Å². The summed E-state index contributed by atoms with van der Waals surface area (Å²) in [6.45, 7) is 11.8. The van der Waals surface area contributed by atoms with Crippen LogP contribution in [0.3, 0.4) is 0 Å². The Morgan fingerprint density at radius 1 is 1.25 bits per heavy atom. The van der Waals surface area contributed by atoms with Crippen LogP contribution in [-0.2, 0) is 6.42 Å². The van der Waals surface area contributed by atoms with Crippen molar-refractivity contribution in [2.45, 2.75) is 45.9 Å². The predicted molar refractivity (Wildman–Crippen MR) is 76.4 cm³/mol. The second kappa shape index (κ2) is 3.84. The second-order valence-electron chi connectivity index (χ2n) is 5.98. The van der Waals surface area contributed by atoms with Crippen molar-refractivity contribution in [1.29, 1.82) is 0 Å². The highest BCUT2D eigenvalue weighted by Gasteiger charge is 2.67. The maximum absolute atomic E-state index is 3.92. The lowest BCUT2D eigenvalue weighted by Gasteiger charge is -2.09. The molecule has 1 aliphatic carbocycles. The normalized spacial score (nSPS) is 24.4. The average molecular weight is 301 g/mol. The van der Waals surface area contributed by atoms with Crippen LogP contribution in [-0.4, -0.2) is 0 Å². The summed E-state index contributed by atoms with van der Waals surface area (Å²) >= 11 is 5.88. The van der Waals surface area contributed by atoms with E-state index in [2.05, 4.69) is 62.7 Å². The molecule has 1 unspecified atom stereocenters. The highest BCUT2D eigenvalue weighted by molar-refractivity contribution is 9.09. The largest absolute Gasteiger partial charge is 0.144 e. The molecule has 1 aromatic rings. The van der Waals surface area contributed by atoms with E-state index in [0.29, 0.717) is 15.7 Å². The van der Waals surface area contributed by atoms with Crippen molar-refractivity contribution < 1.29 is 0 Å². The van der Waals surface area contributed by atoms with Crippen molar-refractivity contribution in [1.82, 2.24) is 0 Å². The van der Waals surface area contributed by atoms with Crippen LogP contribution >= 0.6 is 27.3 Å². The molecule has 16 heavy (non-hydrogen) atoms. The van der Waals surface area contributed by atoms with E-state index >= 15 is 0 Å². The maximum atomic E-state index is 3.92. The smallest absolute Gasteiger partial charge is 0.0528 e. The van der Waals surface area contributed by atoms with Crippen LogP contribution in [0.25, 0.3) is 0 Å². The Morgan fingerprint density at radius 2 is 1.81 bits per heavy atom. The van der Waals surface area contributed by atoms with Gasteiger partial charge in [-0.2, -0.15) is 0 Å². The lowest BCUT2D eigenvalue weighted by molar-refractivity contribution is 0.457. The molecule has 0 bridgehead atoms. The van der Waals surface area contributed by atoms with E-state index in [1.54, 1.807) is 0 Å². The summed E-state index contributed by atoms with van der Waals surface area (Å²) in [6, 6.07) is 4.57. The van der Waals surface area contributed by atoms with Crippen LogP contribution in [0.2, 0.25) is 0 Å². The quantitative estimate of drug-likeness (QED) is 0.653. The van der Waals surface area contributed by atoms with Gasteiger partial charge in [0.1, 0.15) is 0 Å². The first-order valence-electron chi connectivity index (χ1n) is 6.05. The summed E-state index contributed by atoms with van der Waals surface area (Å²) in [7, 11) is 0. The number of halogens is 1. The summed E-state index contributed by atoms with van der Waals surface area (Å²) in [5, 5.41) is 0. The van der Waals surface area contributed by atoms with Gasteiger partial charge in [0.15, 0.2) is 0 Å². The molecule has 2 heteroatoms. The van der Waals surface area contributed by atoms with Crippen molar-refractivity contribution >= 4 is 27.3 Å². The number of alkyl halides is 1. The molecular weight excluding hydrogens is 280 g/mol. The molecule has 1 saturated carbocycles. The molecule has 1 aliphatic rings.